The fourth-order valence-corrected chi connectivity index (χ4v) is 2.16. The number of carbonyl (C=O) groups is 1. The van der Waals surface area contributed by atoms with E-state index in [2.05, 4.69) is 5.10 Å². The van der Waals surface area contributed by atoms with Crippen molar-refractivity contribution in [3.63, 3.8) is 0 Å². The quantitative estimate of drug-likeness (QED) is 0.843. The van der Waals surface area contributed by atoms with Crippen LogP contribution in [0.5, 0.6) is 0 Å². The SMILES string of the molecule is Cn1nc(-c2ccccc2)cc1SCC(=O)O. The van der Waals surface area contributed by atoms with Crippen molar-refractivity contribution in [3.05, 3.63) is 36.4 Å². The molecule has 17 heavy (non-hydrogen) atoms. The minimum absolute atomic E-state index is 0.0494. The zero-order valence-electron chi connectivity index (χ0n) is 9.33. The van der Waals surface area contributed by atoms with Crippen molar-refractivity contribution >= 4 is 17.7 Å². The Labute approximate surface area is 103 Å². The van der Waals surface area contributed by atoms with Gasteiger partial charge in [-0.3, -0.25) is 9.48 Å². The van der Waals surface area contributed by atoms with Crippen LogP contribution in [0, 0.1) is 0 Å². The van der Waals surface area contributed by atoms with Gasteiger partial charge in [-0.2, -0.15) is 5.10 Å². The molecular weight excluding hydrogens is 236 g/mol. The average Bonchev–Trinajstić information content (AvgIpc) is 2.69. The summed E-state index contributed by atoms with van der Waals surface area (Å²) < 4.78 is 1.70. The van der Waals surface area contributed by atoms with Crippen molar-refractivity contribution in [2.45, 2.75) is 5.03 Å². The van der Waals surface area contributed by atoms with Crippen molar-refractivity contribution in [1.29, 1.82) is 0 Å². The highest BCUT2D eigenvalue weighted by atomic mass is 32.2. The highest BCUT2D eigenvalue weighted by molar-refractivity contribution is 7.99. The Morgan fingerprint density at radius 2 is 2.12 bits per heavy atom. The Morgan fingerprint density at radius 3 is 2.76 bits per heavy atom. The number of rotatable bonds is 4. The van der Waals surface area contributed by atoms with E-state index in [1.54, 1.807) is 4.68 Å². The summed E-state index contributed by atoms with van der Waals surface area (Å²) in [5.74, 6) is -0.772. The van der Waals surface area contributed by atoms with Crippen LogP contribution in [-0.4, -0.2) is 26.6 Å². The molecule has 0 fully saturated rings. The first-order valence-electron chi connectivity index (χ1n) is 5.11. The molecule has 88 valence electrons. The first kappa shape index (κ1) is 11.7. The monoisotopic (exact) mass is 248 g/mol. The van der Waals surface area contributed by atoms with Crippen molar-refractivity contribution in [2.75, 3.05) is 5.75 Å². The van der Waals surface area contributed by atoms with E-state index in [4.69, 9.17) is 5.11 Å². The van der Waals surface area contributed by atoms with Gasteiger partial charge in [0.2, 0.25) is 0 Å². The second-order valence-electron chi connectivity index (χ2n) is 3.54. The summed E-state index contributed by atoms with van der Waals surface area (Å²) in [6, 6.07) is 11.7. The lowest BCUT2D eigenvalue weighted by atomic mass is 10.2. The molecule has 1 aromatic heterocycles. The smallest absolute Gasteiger partial charge is 0.313 e. The molecule has 0 atom stereocenters. The van der Waals surface area contributed by atoms with E-state index in [9.17, 15) is 4.79 Å². The second-order valence-corrected chi connectivity index (χ2v) is 4.54. The summed E-state index contributed by atoms with van der Waals surface area (Å²) in [7, 11) is 1.82. The zero-order chi connectivity index (χ0) is 12.3. The lowest BCUT2D eigenvalue weighted by Crippen LogP contribution is -2.00. The normalized spacial score (nSPS) is 10.4. The van der Waals surface area contributed by atoms with Crippen LogP contribution in [-0.2, 0) is 11.8 Å². The summed E-state index contributed by atoms with van der Waals surface area (Å²) >= 11 is 1.27. The third-order valence-electron chi connectivity index (χ3n) is 2.25. The van der Waals surface area contributed by atoms with E-state index >= 15 is 0 Å². The van der Waals surface area contributed by atoms with Crippen molar-refractivity contribution < 1.29 is 9.90 Å². The molecule has 0 aliphatic rings. The predicted octanol–water partition coefficient (Wildman–Crippen LogP) is 2.26. The average molecular weight is 248 g/mol. The lowest BCUT2D eigenvalue weighted by Gasteiger charge is -1.96. The molecule has 0 amide bonds. The van der Waals surface area contributed by atoms with Gasteiger partial charge in [0.1, 0.15) is 0 Å². The molecule has 1 N–H and O–H groups in total. The number of hydrogen-bond donors (Lipinski definition) is 1. The summed E-state index contributed by atoms with van der Waals surface area (Å²) in [6.45, 7) is 0. The van der Waals surface area contributed by atoms with E-state index in [0.29, 0.717) is 0 Å². The Kier molecular flexibility index (Phi) is 3.49. The van der Waals surface area contributed by atoms with E-state index < -0.39 is 5.97 Å². The number of aryl methyl sites for hydroxylation is 1. The molecule has 5 heteroatoms. The molecule has 0 aliphatic heterocycles. The van der Waals surface area contributed by atoms with Gasteiger partial charge in [0.05, 0.1) is 16.5 Å². The van der Waals surface area contributed by atoms with Crippen LogP contribution in [0.15, 0.2) is 41.4 Å². The molecule has 0 saturated carbocycles. The molecule has 1 heterocycles. The fourth-order valence-electron chi connectivity index (χ4n) is 1.47. The predicted molar refractivity (Wildman–Crippen MR) is 67.0 cm³/mol. The topological polar surface area (TPSA) is 55.1 Å². The molecular formula is C12H12N2O2S. The van der Waals surface area contributed by atoms with Gasteiger partial charge in [0.25, 0.3) is 0 Å². The number of aliphatic carboxylic acids is 1. The van der Waals surface area contributed by atoms with Gasteiger partial charge in [-0.1, -0.05) is 42.1 Å². The van der Waals surface area contributed by atoms with Crippen LogP contribution in [0.1, 0.15) is 0 Å². The van der Waals surface area contributed by atoms with E-state index in [0.717, 1.165) is 16.3 Å². The molecule has 0 aliphatic carbocycles. The van der Waals surface area contributed by atoms with Gasteiger partial charge >= 0.3 is 5.97 Å². The third kappa shape index (κ3) is 2.88. The minimum Gasteiger partial charge on any atom is -0.481 e. The maximum absolute atomic E-state index is 10.5. The van der Waals surface area contributed by atoms with Crippen LogP contribution < -0.4 is 0 Å². The Balaban J connectivity index is 2.22. The van der Waals surface area contributed by atoms with Crippen LogP contribution in [0.25, 0.3) is 11.3 Å². The van der Waals surface area contributed by atoms with Crippen molar-refractivity contribution in [2.24, 2.45) is 7.05 Å². The Bertz CT molecular complexity index is 523. The number of carboxylic acid groups (broad SMARTS) is 1. The number of carboxylic acids is 1. The summed E-state index contributed by atoms with van der Waals surface area (Å²) in [4.78, 5) is 10.5. The van der Waals surface area contributed by atoms with Gasteiger partial charge < -0.3 is 5.11 Å². The molecule has 1 aromatic carbocycles. The Hall–Kier alpha value is -1.75. The molecule has 4 nitrogen and oxygen atoms in total. The zero-order valence-corrected chi connectivity index (χ0v) is 10.1. The molecule has 2 aromatic rings. The Morgan fingerprint density at radius 1 is 1.41 bits per heavy atom. The summed E-state index contributed by atoms with van der Waals surface area (Å²) in [5.41, 5.74) is 1.89. The lowest BCUT2D eigenvalue weighted by molar-refractivity contribution is -0.133. The maximum atomic E-state index is 10.5. The minimum atomic E-state index is -0.822. The first-order chi connectivity index (χ1) is 8.16. The highest BCUT2D eigenvalue weighted by Crippen LogP contribution is 2.24. The second kappa shape index (κ2) is 5.05. The number of thioether (sulfide) groups is 1. The number of hydrogen-bond acceptors (Lipinski definition) is 3. The van der Waals surface area contributed by atoms with E-state index in [1.807, 2.05) is 43.4 Å². The van der Waals surface area contributed by atoms with Gasteiger partial charge in [-0.05, 0) is 6.07 Å². The summed E-state index contributed by atoms with van der Waals surface area (Å²) in [6.07, 6.45) is 0. The van der Waals surface area contributed by atoms with Crippen LogP contribution in [0.2, 0.25) is 0 Å². The first-order valence-corrected chi connectivity index (χ1v) is 6.09. The standard InChI is InChI=1S/C12H12N2O2S/c1-14-11(17-8-12(15)16)7-10(13-14)9-5-3-2-4-6-9/h2-7H,8H2,1H3,(H,15,16). The molecule has 0 spiro atoms. The number of nitrogens with zero attached hydrogens (tertiary/aromatic N) is 2. The number of aromatic nitrogens is 2. The van der Waals surface area contributed by atoms with Crippen LogP contribution in [0.4, 0.5) is 0 Å². The number of benzene rings is 1. The fraction of sp³-hybridized carbons (Fsp3) is 0.167. The molecule has 0 bridgehead atoms. The van der Waals surface area contributed by atoms with Crippen molar-refractivity contribution in [1.82, 2.24) is 9.78 Å². The summed E-state index contributed by atoms with van der Waals surface area (Å²) in [5, 5.41) is 13.9. The van der Waals surface area contributed by atoms with Crippen LogP contribution in [0.3, 0.4) is 0 Å². The van der Waals surface area contributed by atoms with Crippen LogP contribution >= 0.6 is 11.8 Å². The maximum Gasteiger partial charge on any atom is 0.313 e. The third-order valence-corrected chi connectivity index (χ3v) is 3.32. The molecule has 0 unspecified atom stereocenters. The largest absolute Gasteiger partial charge is 0.481 e. The molecule has 0 saturated heterocycles. The van der Waals surface area contributed by atoms with E-state index in [-0.39, 0.29) is 5.75 Å². The van der Waals surface area contributed by atoms with Crippen molar-refractivity contribution in [3.8, 4) is 11.3 Å². The van der Waals surface area contributed by atoms with Gasteiger partial charge in [0.15, 0.2) is 0 Å². The molecule has 0 radical (unpaired) electrons. The van der Waals surface area contributed by atoms with Gasteiger partial charge in [-0.25, -0.2) is 0 Å². The van der Waals surface area contributed by atoms with E-state index in [1.165, 1.54) is 11.8 Å². The molecule has 2 rings (SSSR count). The highest BCUT2D eigenvalue weighted by Gasteiger charge is 2.08. The van der Waals surface area contributed by atoms with Gasteiger partial charge in [0, 0.05) is 12.6 Å². The van der Waals surface area contributed by atoms with Gasteiger partial charge in [-0.15, -0.1) is 0 Å².